The molecule has 5 nitrogen and oxygen atoms in total. The molecule has 0 spiro atoms. The van der Waals surface area contributed by atoms with Crippen LogP contribution in [0, 0.1) is 5.92 Å². The van der Waals surface area contributed by atoms with Crippen molar-refractivity contribution in [1.29, 1.82) is 0 Å². The predicted octanol–water partition coefficient (Wildman–Crippen LogP) is 3.66. The average molecular weight is 328 g/mol. The van der Waals surface area contributed by atoms with Crippen LogP contribution in [0.25, 0.3) is 0 Å². The van der Waals surface area contributed by atoms with Crippen LogP contribution in [0.4, 0.5) is 5.69 Å². The van der Waals surface area contributed by atoms with Crippen LogP contribution in [0.1, 0.15) is 33.6 Å². The summed E-state index contributed by atoms with van der Waals surface area (Å²) in [5.41, 5.74) is 0.435. The van der Waals surface area contributed by atoms with E-state index in [0.717, 1.165) is 6.42 Å². The molecule has 0 aliphatic rings. The van der Waals surface area contributed by atoms with Gasteiger partial charge in [-0.3, -0.25) is 9.59 Å². The van der Waals surface area contributed by atoms with Gasteiger partial charge < -0.3 is 14.8 Å². The number of carbonyl (C=O) groups excluding carboxylic acids is 2. The smallest absolute Gasteiger partial charge is 0.306 e. The van der Waals surface area contributed by atoms with Crippen molar-refractivity contribution in [3.63, 3.8) is 0 Å². The number of ether oxygens (including phenoxy) is 2. The number of nitrogens with one attached hydrogen (secondary N) is 1. The molecule has 1 N–H and O–H groups in total. The first-order chi connectivity index (χ1) is 10.3. The van der Waals surface area contributed by atoms with Gasteiger partial charge in [-0.1, -0.05) is 25.4 Å². The van der Waals surface area contributed by atoms with Crippen molar-refractivity contribution < 1.29 is 19.1 Å². The number of hydrogen-bond acceptors (Lipinski definition) is 4. The fourth-order valence-corrected chi connectivity index (χ4v) is 1.90. The van der Waals surface area contributed by atoms with Crippen molar-refractivity contribution in [3.8, 4) is 5.75 Å². The zero-order valence-corrected chi connectivity index (χ0v) is 14.1. The van der Waals surface area contributed by atoms with E-state index < -0.39 is 12.0 Å². The van der Waals surface area contributed by atoms with E-state index in [-0.39, 0.29) is 5.97 Å². The van der Waals surface area contributed by atoms with Crippen molar-refractivity contribution in [1.82, 2.24) is 0 Å². The Labute approximate surface area is 135 Å². The maximum atomic E-state index is 12.1. The van der Waals surface area contributed by atoms with E-state index in [1.165, 1.54) is 14.0 Å². The minimum absolute atomic E-state index is 0.301. The molecule has 0 fully saturated rings. The fourth-order valence-electron chi connectivity index (χ4n) is 1.73. The van der Waals surface area contributed by atoms with Gasteiger partial charge in [0, 0.05) is 11.4 Å². The molecule has 0 aromatic heterocycles. The lowest BCUT2D eigenvalue weighted by Gasteiger charge is -2.15. The molecule has 0 saturated carbocycles. The van der Waals surface area contributed by atoms with Gasteiger partial charge in [-0.25, -0.2) is 0 Å². The van der Waals surface area contributed by atoms with Crippen molar-refractivity contribution in [2.24, 2.45) is 5.92 Å². The third-order valence-corrected chi connectivity index (χ3v) is 3.26. The number of amides is 1. The number of methoxy groups -OCH3 is 1. The highest BCUT2D eigenvalue weighted by Gasteiger charge is 2.19. The summed E-state index contributed by atoms with van der Waals surface area (Å²) in [7, 11) is 1.49. The lowest BCUT2D eigenvalue weighted by molar-refractivity contribution is -0.153. The molecule has 1 rings (SSSR count). The Kier molecular flexibility index (Phi) is 7.18. The molecular weight excluding hydrogens is 306 g/mol. The van der Waals surface area contributed by atoms with Crippen LogP contribution < -0.4 is 10.1 Å². The molecule has 1 aromatic rings. The molecule has 22 heavy (non-hydrogen) atoms. The van der Waals surface area contributed by atoms with Crippen LogP contribution in [0.5, 0.6) is 5.75 Å². The van der Waals surface area contributed by atoms with E-state index in [4.69, 9.17) is 21.1 Å². The average Bonchev–Trinajstić information content (AvgIpc) is 2.45. The summed E-state index contributed by atoms with van der Waals surface area (Å²) in [5.74, 6) is 0.0800. The molecule has 1 atom stereocenters. The number of anilines is 1. The number of esters is 1. The zero-order chi connectivity index (χ0) is 16.7. The Morgan fingerprint density at radius 3 is 2.55 bits per heavy atom. The zero-order valence-electron chi connectivity index (χ0n) is 13.3. The minimum atomic E-state index is -0.886. The fraction of sp³-hybridized carbons (Fsp3) is 0.500. The summed E-state index contributed by atoms with van der Waals surface area (Å²) in [4.78, 5) is 23.7. The highest BCUT2D eigenvalue weighted by molar-refractivity contribution is 6.31. The molecule has 1 unspecified atom stereocenters. The maximum absolute atomic E-state index is 12.1. The summed E-state index contributed by atoms with van der Waals surface area (Å²) >= 11 is 5.90. The molecule has 0 bridgehead atoms. The largest absolute Gasteiger partial charge is 0.495 e. The van der Waals surface area contributed by atoms with E-state index >= 15 is 0 Å². The third-order valence-electron chi connectivity index (χ3n) is 3.02. The van der Waals surface area contributed by atoms with Gasteiger partial charge >= 0.3 is 5.97 Å². The summed E-state index contributed by atoms with van der Waals surface area (Å²) in [6, 6.07) is 4.88. The Balaban J connectivity index is 2.61. The Bertz CT molecular complexity index is 531. The van der Waals surface area contributed by atoms with Gasteiger partial charge in [0.15, 0.2) is 6.10 Å². The number of halogens is 1. The standard InChI is InChI=1S/C16H22ClNO4/c1-10(2)5-8-15(19)22-11(3)16(20)18-13-9-12(17)6-7-14(13)21-4/h6-7,9-11H,5,8H2,1-4H3,(H,18,20). The summed E-state index contributed by atoms with van der Waals surface area (Å²) < 4.78 is 10.3. The van der Waals surface area contributed by atoms with Crippen LogP contribution in [0.15, 0.2) is 18.2 Å². The molecule has 1 amide bonds. The lowest BCUT2D eigenvalue weighted by atomic mass is 10.1. The summed E-state index contributed by atoms with van der Waals surface area (Å²) in [6.45, 7) is 5.57. The third kappa shape index (κ3) is 5.93. The highest BCUT2D eigenvalue weighted by atomic mass is 35.5. The topological polar surface area (TPSA) is 64.6 Å². The second-order valence-electron chi connectivity index (χ2n) is 5.40. The van der Waals surface area contributed by atoms with Crippen LogP contribution in [0.2, 0.25) is 5.02 Å². The van der Waals surface area contributed by atoms with Gasteiger partial charge in [-0.2, -0.15) is 0 Å². The van der Waals surface area contributed by atoms with Crippen LogP contribution in [-0.2, 0) is 14.3 Å². The van der Waals surface area contributed by atoms with E-state index in [9.17, 15) is 9.59 Å². The van der Waals surface area contributed by atoms with Crippen molar-refractivity contribution in [2.45, 2.75) is 39.7 Å². The molecule has 0 radical (unpaired) electrons. The number of hydrogen-bond donors (Lipinski definition) is 1. The summed E-state index contributed by atoms with van der Waals surface area (Å²) in [5, 5.41) is 3.12. The van der Waals surface area contributed by atoms with E-state index in [2.05, 4.69) is 5.32 Å². The normalized spacial score (nSPS) is 11.9. The Morgan fingerprint density at radius 2 is 1.95 bits per heavy atom. The number of carbonyl (C=O) groups is 2. The molecule has 122 valence electrons. The molecule has 0 saturated heterocycles. The van der Waals surface area contributed by atoms with Gasteiger partial charge in [0.1, 0.15) is 5.75 Å². The lowest BCUT2D eigenvalue weighted by Crippen LogP contribution is -2.30. The number of benzene rings is 1. The quantitative estimate of drug-likeness (QED) is 0.776. The van der Waals surface area contributed by atoms with Gasteiger partial charge in [0.25, 0.3) is 5.91 Å². The first-order valence-corrected chi connectivity index (χ1v) is 7.55. The van der Waals surface area contributed by atoms with Crippen molar-refractivity contribution >= 4 is 29.2 Å². The summed E-state index contributed by atoms with van der Waals surface area (Å²) in [6.07, 6.45) is 0.147. The van der Waals surface area contributed by atoms with Crippen molar-refractivity contribution in [2.75, 3.05) is 12.4 Å². The minimum Gasteiger partial charge on any atom is -0.495 e. The maximum Gasteiger partial charge on any atom is 0.306 e. The van der Waals surface area contributed by atoms with Crippen LogP contribution in [0.3, 0.4) is 0 Å². The van der Waals surface area contributed by atoms with E-state index in [1.54, 1.807) is 18.2 Å². The monoisotopic (exact) mass is 327 g/mol. The Morgan fingerprint density at radius 1 is 1.27 bits per heavy atom. The molecule has 0 aliphatic heterocycles. The SMILES string of the molecule is COc1ccc(Cl)cc1NC(=O)C(C)OC(=O)CCC(C)C. The molecule has 0 heterocycles. The molecular formula is C16H22ClNO4. The van der Waals surface area contributed by atoms with Crippen LogP contribution >= 0.6 is 11.6 Å². The highest BCUT2D eigenvalue weighted by Crippen LogP contribution is 2.27. The first-order valence-electron chi connectivity index (χ1n) is 7.17. The first kappa shape index (κ1) is 18.3. The predicted molar refractivity (Wildman–Crippen MR) is 86.3 cm³/mol. The number of rotatable bonds is 7. The van der Waals surface area contributed by atoms with Gasteiger partial charge in [-0.05, 0) is 37.5 Å². The van der Waals surface area contributed by atoms with Gasteiger partial charge in [0.05, 0.1) is 12.8 Å². The van der Waals surface area contributed by atoms with E-state index in [0.29, 0.717) is 28.8 Å². The molecule has 1 aromatic carbocycles. The second-order valence-corrected chi connectivity index (χ2v) is 5.83. The van der Waals surface area contributed by atoms with Gasteiger partial charge in [0.2, 0.25) is 0 Å². The van der Waals surface area contributed by atoms with Crippen molar-refractivity contribution in [3.05, 3.63) is 23.2 Å². The van der Waals surface area contributed by atoms with Crippen LogP contribution in [-0.4, -0.2) is 25.1 Å². The van der Waals surface area contributed by atoms with E-state index in [1.807, 2.05) is 13.8 Å². The molecule has 6 heteroatoms. The Hall–Kier alpha value is -1.75. The second kappa shape index (κ2) is 8.63. The molecule has 0 aliphatic carbocycles. The van der Waals surface area contributed by atoms with Gasteiger partial charge in [-0.15, -0.1) is 0 Å².